The molecule has 2 atom stereocenters. The number of likely N-dealkylation sites (tertiary alicyclic amines) is 1. The number of unbranched alkanes of at least 4 members (excludes halogenated alkanes) is 15. The van der Waals surface area contributed by atoms with Crippen LogP contribution in [0.25, 0.3) is 0 Å². The lowest BCUT2D eigenvalue weighted by Crippen LogP contribution is -2.45. The molecule has 1 aliphatic heterocycles. The number of ketones is 1. The van der Waals surface area contributed by atoms with Gasteiger partial charge in [0, 0.05) is 51.4 Å². The molecule has 402 valence electrons. The maximum Gasteiger partial charge on any atom is 0.326 e. The number of nitrogens with one attached hydrogen (secondary N) is 4. The minimum absolute atomic E-state index is 0.0166. The molecule has 0 spiro atoms. The van der Waals surface area contributed by atoms with Crippen molar-refractivity contribution >= 4 is 47.3 Å². The van der Waals surface area contributed by atoms with Crippen LogP contribution in [0.5, 0.6) is 0 Å². The highest BCUT2D eigenvalue weighted by Gasteiger charge is 2.32. The highest BCUT2D eigenvalue weighted by molar-refractivity contribution is 5.88. The number of rotatable bonds is 44. The molecule has 19 heteroatoms. The van der Waals surface area contributed by atoms with E-state index in [-0.39, 0.29) is 132 Å². The van der Waals surface area contributed by atoms with Gasteiger partial charge in [-0.25, -0.2) is 4.79 Å². The number of Topliss-reactive ketones (excluding diaryl/α,β-unsaturated/α-hetero) is 1. The molecular weight excluding hydrogens is 907 g/mol. The lowest BCUT2D eigenvalue weighted by molar-refractivity contribution is -0.143. The maximum absolute atomic E-state index is 13.0. The molecule has 6 N–H and O–H groups in total. The molecule has 19 nitrogen and oxygen atoms in total. The van der Waals surface area contributed by atoms with Crippen molar-refractivity contribution in [3.63, 3.8) is 0 Å². The monoisotopic (exact) mass is 996 g/mol. The van der Waals surface area contributed by atoms with Crippen molar-refractivity contribution in [3.05, 3.63) is 0 Å². The van der Waals surface area contributed by atoms with Crippen LogP contribution in [0.2, 0.25) is 0 Å². The van der Waals surface area contributed by atoms with Crippen LogP contribution in [0.3, 0.4) is 0 Å². The Labute approximate surface area is 416 Å². The van der Waals surface area contributed by atoms with Crippen LogP contribution in [0, 0.1) is 11.8 Å². The number of nitrogens with zero attached hydrogens (tertiary/aromatic N) is 1. The average molecular weight is 996 g/mol. The van der Waals surface area contributed by atoms with Gasteiger partial charge in [0.2, 0.25) is 29.5 Å². The summed E-state index contributed by atoms with van der Waals surface area (Å²) in [7, 11) is 0. The van der Waals surface area contributed by atoms with Crippen molar-refractivity contribution in [2.24, 2.45) is 11.8 Å². The van der Waals surface area contributed by atoms with E-state index in [0.29, 0.717) is 45.2 Å². The molecule has 1 unspecified atom stereocenters. The van der Waals surface area contributed by atoms with Gasteiger partial charge in [0.05, 0.1) is 45.7 Å². The Morgan fingerprint density at radius 2 is 1.03 bits per heavy atom. The average Bonchev–Trinajstić information content (AvgIpc) is 3.84. The van der Waals surface area contributed by atoms with Crippen LogP contribution in [-0.2, 0) is 57.3 Å². The number of carboxylic acids is 2. The third kappa shape index (κ3) is 31.9. The molecular formula is C51H89N5O14. The van der Waals surface area contributed by atoms with Crippen molar-refractivity contribution in [2.45, 2.75) is 186 Å². The van der Waals surface area contributed by atoms with Crippen LogP contribution in [0.4, 0.5) is 0 Å². The van der Waals surface area contributed by atoms with Crippen molar-refractivity contribution < 1.29 is 67.5 Å². The van der Waals surface area contributed by atoms with E-state index >= 15 is 0 Å². The quantitative estimate of drug-likeness (QED) is 0.0427. The number of carbonyl (C=O) groups is 8. The van der Waals surface area contributed by atoms with Gasteiger partial charge in [0.15, 0.2) is 5.78 Å². The minimum Gasteiger partial charge on any atom is -0.481 e. The zero-order valence-electron chi connectivity index (χ0n) is 42.4. The summed E-state index contributed by atoms with van der Waals surface area (Å²) in [4.78, 5) is 97.7. The summed E-state index contributed by atoms with van der Waals surface area (Å²) in [6.45, 7) is 4.06. The first-order valence-corrected chi connectivity index (χ1v) is 26.5. The van der Waals surface area contributed by atoms with Crippen molar-refractivity contribution in [2.75, 3.05) is 79.0 Å². The van der Waals surface area contributed by atoms with E-state index < -0.39 is 18.0 Å². The highest BCUT2D eigenvalue weighted by atomic mass is 16.5. The van der Waals surface area contributed by atoms with Crippen LogP contribution >= 0.6 is 0 Å². The van der Waals surface area contributed by atoms with E-state index in [1.807, 2.05) is 0 Å². The summed E-state index contributed by atoms with van der Waals surface area (Å²) < 4.78 is 21.5. The molecule has 1 saturated heterocycles. The summed E-state index contributed by atoms with van der Waals surface area (Å²) in [6.07, 6.45) is 23.7. The van der Waals surface area contributed by atoms with E-state index in [4.69, 9.17) is 24.1 Å². The van der Waals surface area contributed by atoms with Gasteiger partial charge in [-0.15, -0.1) is 0 Å². The van der Waals surface area contributed by atoms with Gasteiger partial charge in [0.25, 0.3) is 0 Å². The molecule has 0 aromatic carbocycles. The fourth-order valence-electron chi connectivity index (χ4n) is 8.83. The maximum atomic E-state index is 13.0. The van der Waals surface area contributed by atoms with E-state index in [0.717, 1.165) is 57.8 Å². The van der Waals surface area contributed by atoms with Gasteiger partial charge in [-0.1, -0.05) is 89.9 Å². The second-order valence-corrected chi connectivity index (χ2v) is 18.9. The molecule has 1 aliphatic carbocycles. The summed E-state index contributed by atoms with van der Waals surface area (Å²) in [5.41, 5.74) is 0. The van der Waals surface area contributed by atoms with Gasteiger partial charge >= 0.3 is 11.9 Å². The van der Waals surface area contributed by atoms with Crippen molar-refractivity contribution in [1.82, 2.24) is 26.2 Å². The second-order valence-electron chi connectivity index (χ2n) is 18.9. The fourth-order valence-corrected chi connectivity index (χ4v) is 8.83. The van der Waals surface area contributed by atoms with E-state index in [9.17, 15) is 43.5 Å². The summed E-state index contributed by atoms with van der Waals surface area (Å²) in [5.74, 6) is -3.10. The first-order chi connectivity index (χ1) is 33.9. The number of amides is 5. The highest BCUT2D eigenvalue weighted by Crippen LogP contribution is 2.29. The first-order valence-electron chi connectivity index (χ1n) is 26.5. The Hall–Kier alpha value is -4.20. The fraction of sp³-hybridized carbons (Fsp3) is 0.843. The standard InChI is InChI=1S/C51H89N5O14/c1-40(57)44-19-18-30-56(44)48(61)39-70-36-34-68-32-29-53-47(60)38-69-35-33-67-31-28-52-46(59)27-26-43(51(65)66)55-50(64)42-24-22-41(23-25-42)37-54-45(58)20-16-14-12-10-8-6-4-2-3-5-7-9-11-13-15-17-21-49(62)63/h41-44H,2-39H2,1H3,(H,52,59)(H,53,60)(H,54,58)(H,55,64)(H,62,63)(H,65,66)/t41?,42?,43?,44-/m0/s1. The third-order valence-electron chi connectivity index (χ3n) is 13.0. The Bertz CT molecular complexity index is 1510. The summed E-state index contributed by atoms with van der Waals surface area (Å²) in [6, 6.07) is -1.54. The van der Waals surface area contributed by atoms with Gasteiger partial charge in [-0.3, -0.25) is 33.6 Å². The molecule has 0 aromatic rings. The molecule has 0 bridgehead atoms. The molecule has 70 heavy (non-hydrogen) atoms. The Kier molecular flexibility index (Phi) is 35.7. The molecule has 1 heterocycles. The zero-order chi connectivity index (χ0) is 51.0. The zero-order valence-corrected chi connectivity index (χ0v) is 42.4. The van der Waals surface area contributed by atoms with E-state index in [1.165, 1.54) is 71.1 Å². The Balaban J connectivity index is 1.37. The third-order valence-corrected chi connectivity index (χ3v) is 13.0. The van der Waals surface area contributed by atoms with E-state index in [1.54, 1.807) is 4.90 Å². The molecule has 5 amide bonds. The summed E-state index contributed by atoms with van der Waals surface area (Å²) in [5, 5.41) is 29.4. The van der Waals surface area contributed by atoms with Gasteiger partial charge in [-0.05, 0) is 70.6 Å². The van der Waals surface area contributed by atoms with E-state index in [2.05, 4.69) is 21.3 Å². The normalized spacial score (nSPS) is 17.2. The van der Waals surface area contributed by atoms with Crippen molar-refractivity contribution in [1.29, 1.82) is 0 Å². The van der Waals surface area contributed by atoms with Crippen LogP contribution < -0.4 is 21.3 Å². The summed E-state index contributed by atoms with van der Waals surface area (Å²) >= 11 is 0. The molecule has 2 aliphatic rings. The molecule has 0 aromatic heterocycles. The van der Waals surface area contributed by atoms with Crippen LogP contribution in [0.1, 0.15) is 174 Å². The number of aliphatic carboxylic acids is 2. The second kappa shape index (κ2) is 40.4. The van der Waals surface area contributed by atoms with Gasteiger partial charge < -0.3 is 55.3 Å². The van der Waals surface area contributed by atoms with Gasteiger partial charge in [-0.2, -0.15) is 0 Å². The number of carbonyl (C=O) groups excluding carboxylic acids is 6. The van der Waals surface area contributed by atoms with Crippen LogP contribution in [-0.4, -0.2) is 153 Å². The molecule has 0 radical (unpaired) electrons. The predicted molar refractivity (Wildman–Crippen MR) is 263 cm³/mol. The number of ether oxygens (including phenoxy) is 4. The predicted octanol–water partition coefficient (Wildman–Crippen LogP) is 5.24. The number of hydrogen-bond acceptors (Lipinski definition) is 12. The number of carboxylic acid groups (broad SMARTS) is 2. The molecule has 2 fully saturated rings. The molecule has 2 rings (SSSR count). The SMILES string of the molecule is CC(=O)[C@@H]1CCCN1C(=O)COCCOCCNC(=O)COCCOCCNC(=O)CCC(NC(=O)C1CCC(CNC(=O)CCCCCCCCCCCCCCCCCCC(=O)O)CC1)C(=O)O. The topological polar surface area (TPSA) is 265 Å². The minimum atomic E-state index is -1.20. The van der Waals surface area contributed by atoms with Gasteiger partial charge in [0.1, 0.15) is 19.3 Å². The smallest absolute Gasteiger partial charge is 0.326 e. The van der Waals surface area contributed by atoms with Crippen LogP contribution in [0.15, 0.2) is 0 Å². The lowest BCUT2D eigenvalue weighted by atomic mass is 9.81. The van der Waals surface area contributed by atoms with Crippen molar-refractivity contribution in [3.8, 4) is 0 Å². The first kappa shape index (κ1) is 61.9. The Morgan fingerprint density at radius 1 is 0.543 bits per heavy atom. The lowest BCUT2D eigenvalue weighted by Gasteiger charge is -2.28. The molecule has 1 saturated carbocycles. The Morgan fingerprint density at radius 3 is 1.56 bits per heavy atom. The largest absolute Gasteiger partial charge is 0.481 e. The number of hydrogen-bond donors (Lipinski definition) is 6.